The van der Waals surface area contributed by atoms with Crippen LogP contribution in [-0.4, -0.2) is 15.4 Å². The minimum atomic E-state index is -0.217. The van der Waals surface area contributed by atoms with Gasteiger partial charge in [0.25, 0.3) is 11.1 Å². The Balaban J connectivity index is 1.92. The lowest BCUT2D eigenvalue weighted by atomic mass is 10.2. The van der Waals surface area contributed by atoms with Crippen molar-refractivity contribution in [3.63, 3.8) is 0 Å². The molecule has 0 fully saturated rings. The molecule has 0 spiro atoms. The molecule has 0 amide bonds. The van der Waals surface area contributed by atoms with Crippen molar-refractivity contribution in [2.24, 2.45) is 0 Å². The molecule has 0 aliphatic carbocycles. The van der Waals surface area contributed by atoms with E-state index in [1.165, 1.54) is 11.8 Å². The number of aryl methyl sites for hydroxylation is 1. The van der Waals surface area contributed by atoms with Crippen LogP contribution in [0.1, 0.15) is 18.4 Å². The van der Waals surface area contributed by atoms with Crippen LogP contribution in [0.15, 0.2) is 33.9 Å². The van der Waals surface area contributed by atoms with E-state index in [0.717, 1.165) is 11.3 Å². The summed E-state index contributed by atoms with van der Waals surface area (Å²) in [7, 11) is 0. The SMILES string of the molecule is Cc1cccc(OCc2nnc(SC(C)C#N)o2)c1. The third kappa shape index (κ3) is 4.00. The predicted octanol–water partition coefficient (Wildman–Crippen LogP) is 2.96. The molecule has 5 nitrogen and oxygen atoms in total. The Bertz CT molecular complexity index is 592. The van der Waals surface area contributed by atoms with Crippen LogP contribution in [0, 0.1) is 18.3 Å². The van der Waals surface area contributed by atoms with Crippen LogP contribution >= 0.6 is 11.8 Å². The number of hydrogen-bond donors (Lipinski definition) is 0. The second kappa shape index (κ2) is 6.25. The molecular weight excluding hydrogens is 262 g/mol. The van der Waals surface area contributed by atoms with E-state index in [9.17, 15) is 0 Å². The lowest BCUT2D eigenvalue weighted by Gasteiger charge is -2.03. The van der Waals surface area contributed by atoms with E-state index >= 15 is 0 Å². The Morgan fingerprint density at radius 2 is 2.32 bits per heavy atom. The zero-order valence-corrected chi connectivity index (χ0v) is 11.5. The second-order valence-electron chi connectivity index (χ2n) is 3.96. The molecule has 2 aromatic rings. The van der Waals surface area contributed by atoms with Crippen LogP contribution < -0.4 is 4.74 Å². The number of thioether (sulfide) groups is 1. The molecular formula is C13H13N3O2S. The Hall–Kier alpha value is -2.00. The van der Waals surface area contributed by atoms with Gasteiger partial charge >= 0.3 is 0 Å². The van der Waals surface area contributed by atoms with Crippen molar-refractivity contribution >= 4 is 11.8 Å². The van der Waals surface area contributed by atoms with Crippen LogP contribution in [0.5, 0.6) is 5.75 Å². The van der Waals surface area contributed by atoms with E-state index in [0.29, 0.717) is 11.1 Å². The van der Waals surface area contributed by atoms with Crippen molar-refractivity contribution in [1.29, 1.82) is 5.26 Å². The monoisotopic (exact) mass is 275 g/mol. The topological polar surface area (TPSA) is 71.9 Å². The summed E-state index contributed by atoms with van der Waals surface area (Å²) in [5, 5.41) is 16.6. The molecule has 0 radical (unpaired) electrons. The number of nitriles is 1. The van der Waals surface area contributed by atoms with E-state index in [1.807, 2.05) is 31.2 Å². The van der Waals surface area contributed by atoms with Crippen LogP contribution in [-0.2, 0) is 6.61 Å². The third-order valence-electron chi connectivity index (χ3n) is 2.26. The van der Waals surface area contributed by atoms with Gasteiger partial charge in [0, 0.05) is 0 Å². The molecule has 1 atom stereocenters. The van der Waals surface area contributed by atoms with Gasteiger partial charge in [-0.25, -0.2) is 0 Å². The highest BCUT2D eigenvalue weighted by molar-refractivity contribution is 7.99. The number of nitrogens with zero attached hydrogens (tertiary/aromatic N) is 3. The predicted molar refractivity (Wildman–Crippen MR) is 70.7 cm³/mol. The van der Waals surface area contributed by atoms with Crippen LogP contribution in [0.2, 0.25) is 0 Å². The van der Waals surface area contributed by atoms with Gasteiger partial charge in [-0.1, -0.05) is 12.1 Å². The number of aromatic nitrogens is 2. The van der Waals surface area contributed by atoms with Crippen molar-refractivity contribution < 1.29 is 9.15 Å². The molecule has 0 saturated heterocycles. The van der Waals surface area contributed by atoms with Crippen molar-refractivity contribution in [2.45, 2.75) is 30.9 Å². The summed E-state index contributed by atoms with van der Waals surface area (Å²) in [5.74, 6) is 1.16. The van der Waals surface area contributed by atoms with Gasteiger partial charge < -0.3 is 9.15 Å². The zero-order chi connectivity index (χ0) is 13.7. The quantitative estimate of drug-likeness (QED) is 0.781. The number of benzene rings is 1. The molecule has 1 aromatic heterocycles. The van der Waals surface area contributed by atoms with E-state index in [2.05, 4.69) is 16.3 Å². The number of hydrogen-bond acceptors (Lipinski definition) is 6. The average Bonchev–Trinajstić information content (AvgIpc) is 2.84. The van der Waals surface area contributed by atoms with Gasteiger partial charge in [0.05, 0.1) is 11.3 Å². The highest BCUT2D eigenvalue weighted by Crippen LogP contribution is 2.21. The minimum Gasteiger partial charge on any atom is -0.484 e. The first kappa shape index (κ1) is 13.4. The number of rotatable bonds is 5. The smallest absolute Gasteiger partial charge is 0.277 e. The van der Waals surface area contributed by atoms with Crippen LogP contribution in [0.25, 0.3) is 0 Å². The maximum atomic E-state index is 8.70. The Kier molecular flexibility index (Phi) is 4.42. The Labute approximate surface area is 115 Å². The van der Waals surface area contributed by atoms with Crippen LogP contribution in [0.3, 0.4) is 0 Å². The molecule has 2 rings (SSSR count). The van der Waals surface area contributed by atoms with Gasteiger partial charge in [0.1, 0.15) is 5.75 Å². The molecule has 19 heavy (non-hydrogen) atoms. The molecule has 0 aliphatic heterocycles. The first-order valence-electron chi connectivity index (χ1n) is 5.75. The Morgan fingerprint density at radius 3 is 3.05 bits per heavy atom. The Morgan fingerprint density at radius 1 is 1.47 bits per heavy atom. The highest BCUT2D eigenvalue weighted by Gasteiger charge is 2.11. The first-order valence-corrected chi connectivity index (χ1v) is 6.63. The maximum Gasteiger partial charge on any atom is 0.277 e. The van der Waals surface area contributed by atoms with E-state index < -0.39 is 0 Å². The summed E-state index contributed by atoms with van der Waals surface area (Å²) < 4.78 is 10.9. The lowest BCUT2D eigenvalue weighted by Crippen LogP contribution is -1.95. The zero-order valence-electron chi connectivity index (χ0n) is 10.7. The van der Waals surface area contributed by atoms with E-state index in [-0.39, 0.29) is 11.9 Å². The summed E-state index contributed by atoms with van der Waals surface area (Å²) in [4.78, 5) is 0. The van der Waals surface area contributed by atoms with Crippen molar-refractivity contribution in [2.75, 3.05) is 0 Å². The highest BCUT2D eigenvalue weighted by atomic mass is 32.2. The molecule has 0 saturated carbocycles. The largest absolute Gasteiger partial charge is 0.484 e. The van der Waals surface area contributed by atoms with Gasteiger partial charge in [-0.2, -0.15) is 5.26 Å². The molecule has 1 aromatic carbocycles. The molecule has 1 heterocycles. The van der Waals surface area contributed by atoms with Gasteiger partial charge in [0.2, 0.25) is 0 Å². The van der Waals surface area contributed by atoms with E-state index in [4.69, 9.17) is 14.4 Å². The third-order valence-corrected chi connectivity index (χ3v) is 3.09. The molecule has 0 N–H and O–H groups in total. The fraction of sp³-hybridized carbons (Fsp3) is 0.308. The number of ether oxygens (including phenoxy) is 1. The summed E-state index contributed by atoms with van der Waals surface area (Å²) in [5.41, 5.74) is 1.13. The van der Waals surface area contributed by atoms with Crippen LogP contribution in [0.4, 0.5) is 0 Å². The second-order valence-corrected chi connectivity index (χ2v) is 5.25. The van der Waals surface area contributed by atoms with Gasteiger partial charge in [0.15, 0.2) is 6.61 Å². The van der Waals surface area contributed by atoms with Gasteiger partial charge in [-0.05, 0) is 43.3 Å². The lowest BCUT2D eigenvalue weighted by molar-refractivity contribution is 0.252. The molecule has 6 heteroatoms. The van der Waals surface area contributed by atoms with Gasteiger partial charge in [-0.15, -0.1) is 10.2 Å². The van der Waals surface area contributed by atoms with Crippen molar-refractivity contribution in [3.05, 3.63) is 35.7 Å². The van der Waals surface area contributed by atoms with Crippen molar-refractivity contribution in [3.8, 4) is 11.8 Å². The maximum absolute atomic E-state index is 8.70. The van der Waals surface area contributed by atoms with Crippen molar-refractivity contribution in [1.82, 2.24) is 10.2 Å². The standard InChI is InChI=1S/C13H13N3O2S/c1-9-4-3-5-11(6-9)17-8-12-15-16-13(18-12)19-10(2)7-14/h3-6,10H,8H2,1-2H3. The molecule has 98 valence electrons. The fourth-order valence-corrected chi connectivity index (χ4v) is 1.96. The normalized spacial score (nSPS) is 11.8. The fourth-order valence-electron chi connectivity index (χ4n) is 1.37. The summed E-state index contributed by atoms with van der Waals surface area (Å²) >= 11 is 1.23. The molecule has 0 bridgehead atoms. The molecule has 0 aliphatic rings. The average molecular weight is 275 g/mol. The first-order chi connectivity index (χ1) is 9.17. The molecule has 1 unspecified atom stereocenters. The van der Waals surface area contributed by atoms with Gasteiger partial charge in [-0.3, -0.25) is 0 Å². The summed E-state index contributed by atoms with van der Waals surface area (Å²) in [6.45, 7) is 3.99. The summed E-state index contributed by atoms with van der Waals surface area (Å²) in [6, 6.07) is 9.82. The minimum absolute atomic E-state index is 0.217. The summed E-state index contributed by atoms with van der Waals surface area (Å²) in [6.07, 6.45) is 0. The van der Waals surface area contributed by atoms with E-state index in [1.54, 1.807) is 6.92 Å².